The Hall–Kier alpha value is -9.18. The molecule has 548 valence electrons. The minimum Gasteiger partial charge on any atom is -0.451 e. The van der Waals surface area contributed by atoms with Gasteiger partial charge < -0.3 is 30.6 Å². The number of nitrogen functional groups attached to an aromatic ring is 1. The second kappa shape index (κ2) is 36.8. The lowest BCUT2D eigenvalue weighted by Gasteiger charge is -2.26. The van der Waals surface area contributed by atoms with Gasteiger partial charge in [0.05, 0.1) is 60.8 Å². The summed E-state index contributed by atoms with van der Waals surface area (Å²) in [5, 5.41) is 4.48. The number of halogens is 6. The van der Waals surface area contributed by atoms with Crippen molar-refractivity contribution < 1.29 is 51.4 Å². The molecule has 0 aromatic heterocycles. The van der Waals surface area contributed by atoms with E-state index in [0.29, 0.717) is 31.6 Å². The van der Waals surface area contributed by atoms with Crippen LogP contribution in [0.5, 0.6) is 0 Å². The smallest absolute Gasteiger partial charge is 0.451 e. The molecule has 0 atom stereocenters. The summed E-state index contributed by atoms with van der Waals surface area (Å²) < 4.78 is 58.5. The molecule has 0 heterocycles. The fourth-order valence-electron chi connectivity index (χ4n) is 11.3. The SMILES string of the molecule is CC(=O)Nc1ccc(I)cc1C(=O)OC(C)(C)c1ccc([S+](c2ccccc2)c2ccccc2)cc1.CC(C)(OC(=O)c1cc(I)ccc1N)c1ccc([S+](c2ccccc2)c2ccccc2)cc1.CC(C)(OC(=O)c1cc(I)ccc1NC(=O)C(F)(F)F)c1ccc([S+](c2ccccc2)c2ccccc2)cc1. The standard InChI is InChI=1S/C30H23F3INO3S.C30H26INO3S.C28H24INO2S/c1-29(2,38-27(36)25-19-21(34)15-18-26(25)35-28(37)30(31,32)33)20-13-16-24(17-14-20)39(22-9-5-3-6-10-22)23-11-7-4-8-12-23;1-21(33)32-28-19-16-23(31)20-27(28)29(34)35-30(2,3)22-14-17-26(18-15-22)36(24-10-6-4-7-11-24)25-12-8-5-9-13-25;1-28(2,32-27(31)25-19-21(29)15-18-26(25)30)20-13-16-24(17-14-20)33(22-9-5-3-6-10-22)23-11-7-4-8-12-23/h3-19H,1-2H3;4-20H,1-3H3;3-19H,1-2H3,(H-,30,31)/p+3. The first-order chi connectivity index (χ1) is 51.5. The van der Waals surface area contributed by atoms with Crippen molar-refractivity contribution in [1.29, 1.82) is 0 Å². The first-order valence-corrected chi connectivity index (χ1v) is 40.8. The molecule has 0 aliphatic rings. The zero-order chi connectivity index (χ0) is 77.3. The summed E-state index contributed by atoms with van der Waals surface area (Å²) in [6, 6.07) is 101. The zero-order valence-corrected chi connectivity index (χ0v) is 68.7. The number of nitrogens with one attached hydrogen (secondary N) is 2. The Morgan fingerprint density at radius 1 is 0.324 bits per heavy atom. The van der Waals surface area contributed by atoms with Crippen molar-refractivity contribution >= 4 is 147 Å². The van der Waals surface area contributed by atoms with Crippen molar-refractivity contribution in [3.63, 3.8) is 0 Å². The van der Waals surface area contributed by atoms with Gasteiger partial charge in [-0.05, 0) is 290 Å². The molecule has 0 saturated heterocycles. The molecule has 0 unspecified atom stereocenters. The van der Waals surface area contributed by atoms with E-state index in [0.717, 1.165) is 33.0 Å². The lowest BCUT2D eigenvalue weighted by molar-refractivity contribution is -0.167. The van der Waals surface area contributed by atoms with Gasteiger partial charge in [0.2, 0.25) is 5.91 Å². The van der Waals surface area contributed by atoms with E-state index < -0.39 is 46.8 Å². The number of hydrogen-bond acceptors (Lipinski definition) is 9. The van der Waals surface area contributed by atoms with Crippen LogP contribution < -0.4 is 16.4 Å². The van der Waals surface area contributed by atoms with Crippen LogP contribution in [0.25, 0.3) is 0 Å². The molecular formula is C88H76F3I3N3O8S3+3. The van der Waals surface area contributed by atoms with Crippen molar-refractivity contribution in [3.8, 4) is 0 Å². The van der Waals surface area contributed by atoms with Crippen molar-refractivity contribution in [2.45, 2.75) is 116 Å². The highest BCUT2D eigenvalue weighted by atomic mass is 127. The van der Waals surface area contributed by atoms with Crippen LogP contribution in [-0.2, 0) is 73.3 Å². The Kier molecular flexibility index (Phi) is 27.7. The number of hydrogen-bond donors (Lipinski definition) is 3. The first kappa shape index (κ1) is 81.3. The predicted octanol–water partition coefficient (Wildman–Crippen LogP) is 22.5. The quantitative estimate of drug-likeness (QED) is 0.0222. The Labute approximate surface area is 677 Å². The fourth-order valence-corrected chi connectivity index (χ4v) is 19.0. The summed E-state index contributed by atoms with van der Waals surface area (Å²) in [6.45, 7) is 12.4. The topological polar surface area (TPSA) is 163 Å². The van der Waals surface area contributed by atoms with Crippen LogP contribution in [0.15, 0.2) is 353 Å². The molecule has 0 aliphatic heterocycles. The lowest BCUT2D eigenvalue weighted by Crippen LogP contribution is -2.31. The highest BCUT2D eigenvalue weighted by Crippen LogP contribution is 2.39. The van der Waals surface area contributed by atoms with Crippen LogP contribution in [-0.4, -0.2) is 35.9 Å². The number of esters is 3. The fraction of sp³-hybridized carbons (Fsp3) is 0.125. The summed E-state index contributed by atoms with van der Waals surface area (Å²) in [6.07, 6.45) is -5.09. The molecule has 12 rings (SSSR count). The van der Waals surface area contributed by atoms with Gasteiger partial charge in [0, 0.05) is 23.3 Å². The molecule has 0 aliphatic carbocycles. The maximum atomic E-state index is 13.2. The van der Waals surface area contributed by atoms with Gasteiger partial charge >= 0.3 is 30.0 Å². The van der Waals surface area contributed by atoms with Crippen LogP contribution >= 0.6 is 67.8 Å². The van der Waals surface area contributed by atoms with E-state index >= 15 is 0 Å². The van der Waals surface area contributed by atoms with Gasteiger partial charge in [0.25, 0.3) is 0 Å². The van der Waals surface area contributed by atoms with Crippen LogP contribution in [0.4, 0.5) is 30.2 Å². The molecule has 11 nitrogen and oxygen atoms in total. The Bertz CT molecular complexity index is 4960. The van der Waals surface area contributed by atoms with Gasteiger partial charge in [0.15, 0.2) is 44.1 Å². The molecule has 20 heteroatoms. The number of carbonyl (C=O) groups excluding carboxylic acids is 5. The largest absolute Gasteiger partial charge is 0.471 e. The maximum Gasteiger partial charge on any atom is 0.471 e. The average Bonchev–Trinajstić information content (AvgIpc) is 0.805. The summed E-state index contributed by atoms with van der Waals surface area (Å²) in [7, 11) is -0.821. The Balaban J connectivity index is 0.000000173. The Morgan fingerprint density at radius 2 is 0.556 bits per heavy atom. The van der Waals surface area contributed by atoms with Gasteiger partial charge in [-0.15, -0.1) is 0 Å². The average molecular weight is 1840 g/mol. The van der Waals surface area contributed by atoms with E-state index in [1.807, 2.05) is 172 Å². The van der Waals surface area contributed by atoms with Crippen molar-refractivity contribution in [2.75, 3.05) is 16.4 Å². The molecule has 4 N–H and O–H groups in total. The van der Waals surface area contributed by atoms with E-state index in [1.165, 1.54) is 54.5 Å². The molecule has 0 fully saturated rings. The number of anilines is 3. The molecule has 0 radical (unpaired) electrons. The minimum atomic E-state index is -5.09. The number of alkyl halides is 3. The van der Waals surface area contributed by atoms with Gasteiger partial charge in [-0.1, -0.05) is 146 Å². The molecule has 0 spiro atoms. The third-order valence-electron chi connectivity index (χ3n) is 16.7. The predicted molar refractivity (Wildman–Crippen MR) is 451 cm³/mol. The summed E-state index contributed by atoms with van der Waals surface area (Å²) in [5.41, 5.74) is 6.87. The van der Waals surface area contributed by atoms with Crippen LogP contribution in [0, 0.1) is 10.7 Å². The van der Waals surface area contributed by atoms with Crippen LogP contribution in [0.1, 0.15) is 96.2 Å². The number of benzene rings is 12. The molecule has 12 aromatic carbocycles. The molecule has 108 heavy (non-hydrogen) atoms. The van der Waals surface area contributed by atoms with Gasteiger partial charge in [0.1, 0.15) is 16.8 Å². The van der Waals surface area contributed by atoms with Crippen molar-refractivity contribution in [2.24, 2.45) is 0 Å². The number of amides is 2. The number of carbonyl (C=O) groups is 5. The van der Waals surface area contributed by atoms with E-state index in [4.69, 9.17) is 19.9 Å². The summed E-state index contributed by atoms with van der Waals surface area (Å²) in [5.74, 6) is -4.17. The normalized spacial score (nSPS) is 11.5. The maximum absolute atomic E-state index is 13.2. The van der Waals surface area contributed by atoms with Crippen LogP contribution in [0.2, 0.25) is 0 Å². The Morgan fingerprint density at radius 3 is 0.815 bits per heavy atom. The number of rotatable bonds is 20. The van der Waals surface area contributed by atoms with E-state index in [9.17, 15) is 37.1 Å². The van der Waals surface area contributed by atoms with E-state index in [2.05, 4.69) is 196 Å². The van der Waals surface area contributed by atoms with Gasteiger partial charge in [-0.3, -0.25) is 9.59 Å². The van der Waals surface area contributed by atoms with Crippen LogP contribution in [0.3, 0.4) is 0 Å². The molecular weight excluding hydrogens is 1760 g/mol. The lowest BCUT2D eigenvalue weighted by atomic mass is 9.98. The molecule has 2 amide bonds. The molecule has 12 aromatic rings. The summed E-state index contributed by atoms with van der Waals surface area (Å²) >= 11 is 6.23. The molecule has 0 saturated carbocycles. The molecule has 0 bridgehead atoms. The zero-order valence-electron chi connectivity index (χ0n) is 59.8. The number of ether oxygens (including phenoxy) is 3. The van der Waals surface area contributed by atoms with E-state index in [1.54, 1.807) is 43.4 Å². The summed E-state index contributed by atoms with van der Waals surface area (Å²) in [4.78, 5) is 73.0. The van der Waals surface area contributed by atoms with Crippen molar-refractivity contribution in [1.82, 2.24) is 0 Å². The first-order valence-electron chi connectivity index (χ1n) is 33.9. The monoisotopic (exact) mass is 1840 g/mol. The number of nitrogens with two attached hydrogens (primary N) is 1. The minimum absolute atomic E-state index is 0.168. The van der Waals surface area contributed by atoms with E-state index in [-0.39, 0.29) is 49.8 Å². The third-order valence-corrected chi connectivity index (χ3v) is 25.4. The van der Waals surface area contributed by atoms with Gasteiger partial charge in [-0.2, -0.15) is 13.2 Å². The highest BCUT2D eigenvalue weighted by Gasteiger charge is 2.40. The highest BCUT2D eigenvalue weighted by molar-refractivity contribution is 14.1. The third kappa shape index (κ3) is 21.6. The van der Waals surface area contributed by atoms with Crippen molar-refractivity contribution in [3.05, 3.63) is 353 Å². The second-order valence-corrected chi connectivity index (χ2v) is 35.6. The van der Waals surface area contributed by atoms with Gasteiger partial charge in [-0.25, -0.2) is 14.4 Å². The second-order valence-electron chi connectivity index (χ2n) is 25.8.